The first-order chi connectivity index (χ1) is 10.8. The molecule has 0 saturated heterocycles. The fraction of sp³-hybridized carbons (Fsp3) is 0.176. The number of rotatable bonds is 3. The Hall–Kier alpha value is -1.82. The Morgan fingerprint density at radius 3 is 2.52 bits per heavy atom. The van der Waals surface area contributed by atoms with Gasteiger partial charge >= 0.3 is 0 Å². The summed E-state index contributed by atoms with van der Waals surface area (Å²) in [4.78, 5) is 0. The van der Waals surface area contributed by atoms with Gasteiger partial charge in [-0.2, -0.15) is 0 Å². The zero-order valence-electron chi connectivity index (χ0n) is 12.6. The third-order valence-corrected chi connectivity index (χ3v) is 4.15. The minimum atomic E-state index is -2.37. The van der Waals surface area contributed by atoms with E-state index in [0.29, 0.717) is 16.5 Å². The van der Waals surface area contributed by atoms with Crippen molar-refractivity contribution in [2.45, 2.75) is 19.4 Å². The van der Waals surface area contributed by atoms with Crippen LogP contribution in [0.15, 0.2) is 48.5 Å². The van der Waals surface area contributed by atoms with E-state index in [9.17, 15) is 8.76 Å². The Morgan fingerprint density at radius 1 is 1.17 bits per heavy atom. The van der Waals surface area contributed by atoms with Crippen LogP contribution in [-0.2, 0) is 11.3 Å². The summed E-state index contributed by atoms with van der Waals surface area (Å²) in [6, 6.07) is 12.8. The van der Waals surface area contributed by atoms with E-state index in [-0.39, 0.29) is 0 Å². The normalized spacial score (nSPS) is 16.8. The minimum absolute atomic E-state index is 0.463. The molecular formula is C17H15ClNO3S-. The highest BCUT2D eigenvalue weighted by atomic mass is 35.5. The van der Waals surface area contributed by atoms with Crippen LogP contribution in [0.5, 0.6) is 5.75 Å². The monoisotopic (exact) mass is 348 g/mol. The number of benzene rings is 2. The van der Waals surface area contributed by atoms with E-state index >= 15 is 0 Å². The molecule has 6 heteroatoms. The molecule has 0 bridgehead atoms. The topological polar surface area (TPSA) is 61.4 Å². The Kier molecular flexibility index (Phi) is 4.19. The summed E-state index contributed by atoms with van der Waals surface area (Å²) < 4.78 is 29.9. The molecule has 23 heavy (non-hydrogen) atoms. The SMILES string of the molecule is CC1(C)C=C(c2ccc(Cl)cc2)c2ccc(NS(=O)[O-])cc2O1. The number of anilines is 1. The number of nitrogens with one attached hydrogen (secondary N) is 1. The largest absolute Gasteiger partial charge is 0.755 e. The molecule has 4 nitrogen and oxygen atoms in total. The van der Waals surface area contributed by atoms with E-state index in [1.54, 1.807) is 12.1 Å². The third-order valence-electron chi connectivity index (χ3n) is 3.49. The molecule has 0 fully saturated rings. The van der Waals surface area contributed by atoms with Crippen molar-refractivity contribution in [1.82, 2.24) is 0 Å². The molecule has 1 aliphatic rings. The van der Waals surface area contributed by atoms with Crippen molar-refractivity contribution >= 4 is 34.1 Å². The smallest absolute Gasteiger partial charge is 0.130 e. The van der Waals surface area contributed by atoms with Gasteiger partial charge in [-0.3, -0.25) is 4.21 Å². The highest BCUT2D eigenvalue weighted by molar-refractivity contribution is 7.80. The molecule has 1 atom stereocenters. The lowest BCUT2D eigenvalue weighted by Gasteiger charge is -2.31. The molecule has 0 amide bonds. The summed E-state index contributed by atoms with van der Waals surface area (Å²) in [7, 11) is 0. The summed E-state index contributed by atoms with van der Waals surface area (Å²) >= 11 is 3.60. The van der Waals surface area contributed by atoms with Gasteiger partial charge in [0, 0.05) is 33.6 Å². The second-order valence-electron chi connectivity index (χ2n) is 5.82. The average molecular weight is 349 g/mol. The zero-order chi connectivity index (χ0) is 16.6. The Morgan fingerprint density at radius 2 is 1.87 bits per heavy atom. The van der Waals surface area contributed by atoms with Gasteiger partial charge in [-0.1, -0.05) is 23.7 Å². The predicted molar refractivity (Wildman–Crippen MR) is 92.2 cm³/mol. The van der Waals surface area contributed by atoms with Gasteiger partial charge in [0.05, 0.1) is 0 Å². The van der Waals surface area contributed by atoms with Gasteiger partial charge in [0.25, 0.3) is 0 Å². The molecule has 2 aromatic carbocycles. The first kappa shape index (κ1) is 16.1. The fourth-order valence-corrected chi connectivity index (χ4v) is 3.04. The summed E-state index contributed by atoms with van der Waals surface area (Å²) in [5, 5.41) is 0.679. The van der Waals surface area contributed by atoms with Gasteiger partial charge in [0.1, 0.15) is 11.4 Å². The second-order valence-corrected chi connectivity index (χ2v) is 6.93. The Balaban J connectivity index is 2.09. The highest BCUT2D eigenvalue weighted by Crippen LogP contribution is 2.40. The molecule has 1 unspecified atom stereocenters. The van der Waals surface area contributed by atoms with Crippen molar-refractivity contribution in [2.24, 2.45) is 0 Å². The van der Waals surface area contributed by atoms with Crippen LogP contribution in [0.3, 0.4) is 0 Å². The first-order valence-electron chi connectivity index (χ1n) is 7.02. The summed E-state index contributed by atoms with van der Waals surface area (Å²) in [5.74, 6) is 0.637. The lowest BCUT2D eigenvalue weighted by Crippen LogP contribution is -2.29. The standard InChI is InChI=1S/C17H16ClNO3S/c1-17(2)10-15(11-3-5-12(18)6-4-11)14-8-7-13(19-23(20)21)9-16(14)22-17/h3-10,19H,1-2H3,(H,20,21)/p-1. The molecule has 0 saturated carbocycles. The van der Waals surface area contributed by atoms with Gasteiger partial charge in [-0.15, -0.1) is 0 Å². The molecule has 0 spiro atoms. The van der Waals surface area contributed by atoms with Gasteiger partial charge < -0.3 is 14.0 Å². The average Bonchev–Trinajstić information content (AvgIpc) is 2.45. The van der Waals surface area contributed by atoms with Crippen molar-refractivity contribution in [1.29, 1.82) is 0 Å². The maximum absolute atomic E-state index is 10.8. The van der Waals surface area contributed by atoms with Gasteiger partial charge in [0.15, 0.2) is 0 Å². The van der Waals surface area contributed by atoms with E-state index in [2.05, 4.69) is 10.8 Å². The van der Waals surface area contributed by atoms with Crippen LogP contribution in [-0.4, -0.2) is 14.4 Å². The predicted octanol–water partition coefficient (Wildman–Crippen LogP) is 4.15. The van der Waals surface area contributed by atoms with Crippen molar-refractivity contribution in [3.05, 3.63) is 64.7 Å². The van der Waals surface area contributed by atoms with Crippen LogP contribution in [0.1, 0.15) is 25.0 Å². The van der Waals surface area contributed by atoms with E-state index < -0.39 is 16.9 Å². The summed E-state index contributed by atoms with van der Waals surface area (Å²) in [5.41, 5.74) is 2.93. The van der Waals surface area contributed by atoms with Crippen LogP contribution >= 0.6 is 11.6 Å². The molecule has 0 aromatic heterocycles. The van der Waals surface area contributed by atoms with Crippen LogP contribution in [0.2, 0.25) is 5.02 Å². The number of ether oxygens (including phenoxy) is 1. The van der Waals surface area contributed by atoms with Crippen LogP contribution in [0.4, 0.5) is 5.69 Å². The van der Waals surface area contributed by atoms with Gasteiger partial charge in [-0.25, -0.2) is 0 Å². The lowest BCUT2D eigenvalue weighted by atomic mass is 9.90. The molecule has 1 N–H and O–H groups in total. The van der Waals surface area contributed by atoms with Crippen molar-refractivity contribution in [3.63, 3.8) is 0 Å². The fourth-order valence-electron chi connectivity index (χ4n) is 2.60. The molecular weight excluding hydrogens is 334 g/mol. The second kappa shape index (κ2) is 6.00. The lowest BCUT2D eigenvalue weighted by molar-refractivity contribution is 0.158. The quantitative estimate of drug-likeness (QED) is 0.847. The highest BCUT2D eigenvalue weighted by Gasteiger charge is 2.27. The molecule has 1 aliphatic heterocycles. The van der Waals surface area contributed by atoms with E-state index in [1.807, 2.05) is 44.2 Å². The maximum atomic E-state index is 10.8. The van der Waals surface area contributed by atoms with Gasteiger partial charge in [0.2, 0.25) is 0 Å². The number of halogens is 1. The summed E-state index contributed by atoms with van der Waals surface area (Å²) in [6.45, 7) is 3.91. The van der Waals surface area contributed by atoms with Crippen LogP contribution < -0.4 is 9.46 Å². The molecule has 120 valence electrons. The van der Waals surface area contributed by atoms with Crippen molar-refractivity contribution < 1.29 is 13.5 Å². The Bertz CT molecular complexity index is 800. The van der Waals surface area contributed by atoms with E-state index in [1.165, 1.54) is 0 Å². The Labute approximate surface area is 142 Å². The molecule has 1 heterocycles. The van der Waals surface area contributed by atoms with E-state index in [0.717, 1.165) is 16.7 Å². The maximum Gasteiger partial charge on any atom is 0.130 e. The number of hydrogen-bond donors (Lipinski definition) is 1. The molecule has 0 radical (unpaired) electrons. The van der Waals surface area contributed by atoms with Crippen molar-refractivity contribution in [3.8, 4) is 5.75 Å². The first-order valence-corrected chi connectivity index (χ1v) is 8.47. The summed E-state index contributed by atoms with van der Waals surface area (Å²) in [6.07, 6.45) is 2.05. The molecule has 3 rings (SSSR count). The number of hydrogen-bond acceptors (Lipinski definition) is 3. The molecule has 0 aliphatic carbocycles. The minimum Gasteiger partial charge on any atom is -0.755 e. The number of fused-ring (bicyclic) bond motifs is 1. The van der Waals surface area contributed by atoms with Gasteiger partial charge in [-0.05, 0) is 55.3 Å². The third kappa shape index (κ3) is 3.58. The van der Waals surface area contributed by atoms with Crippen molar-refractivity contribution in [2.75, 3.05) is 4.72 Å². The van der Waals surface area contributed by atoms with E-state index in [4.69, 9.17) is 16.3 Å². The zero-order valence-corrected chi connectivity index (χ0v) is 14.2. The molecule has 2 aromatic rings. The van der Waals surface area contributed by atoms with Crippen LogP contribution in [0, 0.1) is 0 Å². The van der Waals surface area contributed by atoms with Crippen LogP contribution in [0.25, 0.3) is 5.57 Å².